The van der Waals surface area contributed by atoms with Gasteiger partial charge >= 0.3 is 0 Å². The van der Waals surface area contributed by atoms with E-state index in [2.05, 4.69) is 5.32 Å². The van der Waals surface area contributed by atoms with Crippen LogP contribution in [0.5, 0.6) is 0 Å². The highest BCUT2D eigenvalue weighted by molar-refractivity contribution is 6.02. The first kappa shape index (κ1) is 14.1. The first-order valence-electron chi connectivity index (χ1n) is 6.68. The molecule has 1 N–H and O–H groups in total. The van der Waals surface area contributed by atoms with Crippen molar-refractivity contribution >= 4 is 17.7 Å². The normalized spacial score (nSPS) is 10.8. The molecule has 0 aromatic heterocycles. The lowest BCUT2D eigenvalue weighted by atomic mass is 10.1. The Balaban J connectivity index is 2.07. The Hall–Kier alpha value is -2.35. The number of anilines is 1. The lowest BCUT2D eigenvalue weighted by Gasteiger charge is -2.09. The molecular formula is C18H19NO. The van der Waals surface area contributed by atoms with Crippen molar-refractivity contribution in [2.75, 3.05) is 5.32 Å². The zero-order valence-electron chi connectivity index (χ0n) is 12.1. The molecule has 0 aliphatic carbocycles. The van der Waals surface area contributed by atoms with Crippen LogP contribution in [0.3, 0.4) is 0 Å². The number of rotatable bonds is 3. The Bertz CT molecular complexity index is 619. The van der Waals surface area contributed by atoms with Crippen molar-refractivity contribution in [2.24, 2.45) is 0 Å². The molecule has 0 saturated carbocycles. The summed E-state index contributed by atoms with van der Waals surface area (Å²) in [6.07, 6.45) is 3.39. The number of amides is 1. The molecule has 0 bridgehead atoms. The van der Waals surface area contributed by atoms with Crippen molar-refractivity contribution < 1.29 is 4.79 Å². The summed E-state index contributed by atoms with van der Waals surface area (Å²) in [5, 5.41) is 2.93. The molecular weight excluding hydrogens is 246 g/mol. The number of carbonyl (C=O) groups excluding carboxylic acids is 1. The molecule has 1 amide bonds. The van der Waals surface area contributed by atoms with Crippen LogP contribution in [0.1, 0.15) is 22.3 Å². The van der Waals surface area contributed by atoms with Crippen LogP contribution >= 0.6 is 0 Å². The third kappa shape index (κ3) is 3.58. The van der Waals surface area contributed by atoms with Gasteiger partial charge in [-0.3, -0.25) is 4.79 Å². The van der Waals surface area contributed by atoms with E-state index >= 15 is 0 Å². The van der Waals surface area contributed by atoms with Gasteiger partial charge in [-0.2, -0.15) is 0 Å². The van der Waals surface area contributed by atoms with Crippen molar-refractivity contribution in [3.05, 3.63) is 70.8 Å². The van der Waals surface area contributed by atoms with Gasteiger partial charge in [-0.25, -0.2) is 0 Å². The van der Waals surface area contributed by atoms with Crippen LogP contribution in [0.15, 0.2) is 48.5 Å². The zero-order chi connectivity index (χ0) is 14.5. The molecule has 102 valence electrons. The van der Waals surface area contributed by atoms with E-state index in [-0.39, 0.29) is 5.91 Å². The smallest absolute Gasteiger partial charge is 0.248 e. The molecule has 20 heavy (non-hydrogen) atoms. The van der Waals surface area contributed by atoms with E-state index in [9.17, 15) is 4.79 Å². The molecule has 2 heteroatoms. The van der Waals surface area contributed by atoms with Crippen molar-refractivity contribution in [2.45, 2.75) is 20.8 Å². The number of hydrogen-bond donors (Lipinski definition) is 1. The van der Waals surface area contributed by atoms with E-state index < -0.39 is 0 Å². The molecule has 0 aliphatic rings. The van der Waals surface area contributed by atoms with Gasteiger partial charge in [-0.15, -0.1) is 0 Å². The number of benzene rings is 2. The highest BCUT2D eigenvalue weighted by Crippen LogP contribution is 2.19. The fourth-order valence-electron chi connectivity index (χ4n) is 2.03. The van der Waals surface area contributed by atoms with E-state index in [4.69, 9.17) is 0 Å². The molecule has 0 spiro atoms. The topological polar surface area (TPSA) is 29.1 Å². The van der Waals surface area contributed by atoms with Gasteiger partial charge in [0.15, 0.2) is 0 Å². The van der Waals surface area contributed by atoms with E-state index in [1.165, 1.54) is 5.56 Å². The fourth-order valence-corrected chi connectivity index (χ4v) is 2.03. The first-order chi connectivity index (χ1) is 9.56. The predicted molar refractivity (Wildman–Crippen MR) is 84.8 cm³/mol. The Morgan fingerprint density at radius 1 is 0.950 bits per heavy atom. The maximum atomic E-state index is 12.0. The molecule has 0 fully saturated rings. The highest BCUT2D eigenvalue weighted by atomic mass is 16.1. The molecule has 2 nitrogen and oxygen atoms in total. The molecule has 0 radical (unpaired) electrons. The summed E-state index contributed by atoms with van der Waals surface area (Å²) in [7, 11) is 0. The molecule has 0 atom stereocenters. The third-order valence-corrected chi connectivity index (χ3v) is 3.23. The lowest BCUT2D eigenvalue weighted by molar-refractivity contribution is -0.111. The Morgan fingerprint density at radius 3 is 2.15 bits per heavy atom. The number of aryl methyl sites for hydroxylation is 3. The summed E-state index contributed by atoms with van der Waals surface area (Å²) in [4.78, 5) is 12.0. The number of carbonyl (C=O) groups is 1. The van der Waals surface area contributed by atoms with E-state index in [1.807, 2.05) is 69.3 Å². The predicted octanol–water partition coefficient (Wildman–Crippen LogP) is 4.26. The Kier molecular flexibility index (Phi) is 4.36. The van der Waals surface area contributed by atoms with E-state index in [1.54, 1.807) is 6.08 Å². The molecule has 0 saturated heterocycles. The van der Waals surface area contributed by atoms with Crippen LogP contribution in [-0.2, 0) is 4.79 Å². The van der Waals surface area contributed by atoms with Gasteiger partial charge in [0.05, 0.1) is 0 Å². The van der Waals surface area contributed by atoms with Gasteiger partial charge in [0, 0.05) is 11.8 Å². The second-order valence-electron chi connectivity index (χ2n) is 5.00. The van der Waals surface area contributed by atoms with Gasteiger partial charge in [-0.1, -0.05) is 48.0 Å². The fraction of sp³-hybridized carbons (Fsp3) is 0.167. The third-order valence-electron chi connectivity index (χ3n) is 3.23. The second kappa shape index (κ2) is 6.20. The van der Waals surface area contributed by atoms with E-state index in [0.717, 1.165) is 22.4 Å². The quantitative estimate of drug-likeness (QED) is 0.825. The Labute approximate surface area is 120 Å². The highest BCUT2D eigenvalue weighted by Gasteiger charge is 2.04. The molecule has 0 aliphatic heterocycles. The van der Waals surface area contributed by atoms with E-state index in [0.29, 0.717) is 0 Å². The maximum absolute atomic E-state index is 12.0. The van der Waals surface area contributed by atoms with Crippen molar-refractivity contribution in [3.63, 3.8) is 0 Å². The Morgan fingerprint density at radius 2 is 1.55 bits per heavy atom. The van der Waals surface area contributed by atoms with Crippen LogP contribution in [0.2, 0.25) is 0 Å². The van der Waals surface area contributed by atoms with Gasteiger partial charge < -0.3 is 5.32 Å². The van der Waals surface area contributed by atoms with Gasteiger partial charge in [-0.05, 0) is 43.5 Å². The summed E-state index contributed by atoms with van der Waals surface area (Å²) in [6.45, 7) is 6.03. The SMILES string of the molecule is Cc1ccc(C=CC(=O)Nc2c(C)cccc2C)cc1. The summed E-state index contributed by atoms with van der Waals surface area (Å²) in [6, 6.07) is 14.0. The molecule has 0 unspecified atom stereocenters. The van der Waals surface area contributed by atoms with Crippen LogP contribution in [-0.4, -0.2) is 5.91 Å². The van der Waals surface area contributed by atoms with Gasteiger partial charge in [0.1, 0.15) is 0 Å². The van der Waals surface area contributed by atoms with Crippen molar-refractivity contribution in [1.29, 1.82) is 0 Å². The summed E-state index contributed by atoms with van der Waals surface area (Å²) < 4.78 is 0. The van der Waals surface area contributed by atoms with Crippen molar-refractivity contribution in [1.82, 2.24) is 0 Å². The molecule has 2 aromatic carbocycles. The second-order valence-corrected chi connectivity index (χ2v) is 5.00. The minimum atomic E-state index is -0.108. The number of nitrogens with one attached hydrogen (secondary N) is 1. The summed E-state index contributed by atoms with van der Waals surface area (Å²) in [5.41, 5.74) is 5.27. The lowest BCUT2D eigenvalue weighted by Crippen LogP contribution is -2.10. The summed E-state index contributed by atoms with van der Waals surface area (Å²) in [5.74, 6) is -0.108. The monoisotopic (exact) mass is 265 g/mol. The van der Waals surface area contributed by atoms with Crippen LogP contribution in [0, 0.1) is 20.8 Å². The summed E-state index contributed by atoms with van der Waals surface area (Å²) >= 11 is 0. The van der Waals surface area contributed by atoms with Crippen molar-refractivity contribution in [3.8, 4) is 0 Å². The molecule has 2 rings (SSSR count). The zero-order valence-corrected chi connectivity index (χ0v) is 12.1. The van der Waals surface area contributed by atoms with Crippen LogP contribution in [0.4, 0.5) is 5.69 Å². The van der Waals surface area contributed by atoms with Crippen LogP contribution in [0.25, 0.3) is 6.08 Å². The number of hydrogen-bond acceptors (Lipinski definition) is 1. The van der Waals surface area contributed by atoms with Gasteiger partial charge in [0.2, 0.25) is 5.91 Å². The molecule has 0 heterocycles. The average Bonchev–Trinajstić information content (AvgIpc) is 2.42. The minimum Gasteiger partial charge on any atom is -0.322 e. The largest absolute Gasteiger partial charge is 0.322 e. The maximum Gasteiger partial charge on any atom is 0.248 e. The molecule has 2 aromatic rings. The standard InChI is InChI=1S/C18H19NO/c1-13-7-9-16(10-8-13)11-12-17(20)19-18-14(2)5-4-6-15(18)3/h4-12H,1-3H3,(H,19,20). The number of para-hydroxylation sites is 1. The van der Waals surface area contributed by atoms with Crippen LogP contribution < -0.4 is 5.32 Å². The average molecular weight is 265 g/mol. The first-order valence-corrected chi connectivity index (χ1v) is 6.68. The van der Waals surface area contributed by atoms with Gasteiger partial charge in [0.25, 0.3) is 0 Å². The minimum absolute atomic E-state index is 0.108.